The molecule has 3 rings (SSSR count). The molecule has 0 radical (unpaired) electrons. The summed E-state index contributed by atoms with van der Waals surface area (Å²) in [6, 6.07) is 0. The van der Waals surface area contributed by atoms with Gasteiger partial charge in [0.2, 0.25) is 0 Å². The fourth-order valence-corrected chi connectivity index (χ4v) is 3.14. The number of benzene rings is 1. The number of phenols is 1. The summed E-state index contributed by atoms with van der Waals surface area (Å²) in [5.41, 5.74) is 1.39. The van der Waals surface area contributed by atoms with Gasteiger partial charge in [-0.2, -0.15) is 0 Å². The van der Waals surface area contributed by atoms with E-state index in [0.29, 0.717) is 24.3 Å². The maximum atomic E-state index is 10.5. The Morgan fingerprint density at radius 3 is 2.11 bits per heavy atom. The van der Waals surface area contributed by atoms with Gasteiger partial charge in [-0.3, -0.25) is 0 Å². The molecule has 2 unspecified atom stereocenters. The highest BCUT2D eigenvalue weighted by Crippen LogP contribution is 2.53. The van der Waals surface area contributed by atoms with Gasteiger partial charge in [0.25, 0.3) is 0 Å². The zero-order valence-electron chi connectivity index (χ0n) is 11.8. The number of fused-ring (bicyclic) bond motifs is 2. The number of ether oxygens (including phenoxy) is 2. The molecule has 0 spiro atoms. The van der Waals surface area contributed by atoms with Crippen molar-refractivity contribution in [2.45, 2.75) is 58.3 Å². The van der Waals surface area contributed by atoms with Crippen molar-refractivity contribution in [2.24, 2.45) is 0 Å². The third-order valence-electron chi connectivity index (χ3n) is 3.81. The first kappa shape index (κ1) is 12.6. The van der Waals surface area contributed by atoms with Crippen molar-refractivity contribution in [3.63, 3.8) is 0 Å². The Morgan fingerprint density at radius 2 is 1.53 bits per heavy atom. The first-order valence-corrected chi connectivity index (χ1v) is 6.76. The molecule has 2 N–H and O–H groups in total. The Balaban J connectivity index is 2.30. The molecule has 0 amide bonds. The van der Waals surface area contributed by atoms with Crippen molar-refractivity contribution in [2.75, 3.05) is 0 Å². The number of hydrogen-bond donors (Lipinski definition) is 2. The minimum absolute atomic E-state index is 0.0157. The Morgan fingerprint density at radius 1 is 1.00 bits per heavy atom. The van der Waals surface area contributed by atoms with Crippen LogP contribution in [-0.2, 0) is 18.4 Å². The number of hydrogen-bond acceptors (Lipinski definition) is 4. The molecule has 4 heteroatoms. The summed E-state index contributed by atoms with van der Waals surface area (Å²) in [4.78, 5) is 0. The average molecular weight is 264 g/mol. The first-order chi connectivity index (χ1) is 8.79. The predicted molar refractivity (Wildman–Crippen MR) is 70.9 cm³/mol. The standard InChI is InChI=1S/C15H20O4/c1-7-5-9-11(15(3,4)17)13-10(6-8(2)18-13)12(16)14(9)19-7/h7-8,16-17H,5-6H2,1-4H3. The van der Waals surface area contributed by atoms with Crippen molar-refractivity contribution in [1.82, 2.24) is 0 Å². The average Bonchev–Trinajstić information content (AvgIpc) is 2.80. The normalized spacial score (nSPS) is 24.7. The molecule has 2 heterocycles. The molecule has 2 atom stereocenters. The van der Waals surface area contributed by atoms with Crippen LogP contribution in [0.25, 0.3) is 0 Å². The number of phenolic OH excluding ortho intramolecular Hbond substituents is 1. The highest BCUT2D eigenvalue weighted by atomic mass is 16.5. The lowest BCUT2D eigenvalue weighted by molar-refractivity contribution is 0.0733. The van der Waals surface area contributed by atoms with E-state index >= 15 is 0 Å². The molecule has 19 heavy (non-hydrogen) atoms. The van der Waals surface area contributed by atoms with Crippen LogP contribution in [0.2, 0.25) is 0 Å². The quantitative estimate of drug-likeness (QED) is 0.817. The van der Waals surface area contributed by atoms with Crippen molar-refractivity contribution in [1.29, 1.82) is 0 Å². The minimum atomic E-state index is -1.01. The predicted octanol–water partition coefficient (Wildman–Crippen LogP) is 2.27. The van der Waals surface area contributed by atoms with Gasteiger partial charge in [-0.05, 0) is 27.7 Å². The second kappa shape index (κ2) is 3.79. The molecule has 0 saturated carbocycles. The second-order valence-electron chi connectivity index (χ2n) is 6.16. The van der Waals surface area contributed by atoms with Crippen LogP contribution in [0.15, 0.2) is 0 Å². The summed E-state index contributed by atoms with van der Waals surface area (Å²) in [6.45, 7) is 7.41. The van der Waals surface area contributed by atoms with Crippen LogP contribution < -0.4 is 9.47 Å². The third kappa shape index (κ3) is 1.77. The summed E-state index contributed by atoms with van der Waals surface area (Å²) >= 11 is 0. The van der Waals surface area contributed by atoms with Crippen LogP contribution in [0, 0.1) is 0 Å². The maximum absolute atomic E-state index is 10.5. The lowest BCUT2D eigenvalue weighted by Gasteiger charge is -2.24. The van der Waals surface area contributed by atoms with Crippen LogP contribution in [-0.4, -0.2) is 22.4 Å². The summed E-state index contributed by atoms with van der Waals surface area (Å²) in [5, 5.41) is 20.8. The lowest BCUT2D eigenvalue weighted by Crippen LogP contribution is -2.20. The molecular formula is C15H20O4. The maximum Gasteiger partial charge on any atom is 0.165 e. The first-order valence-electron chi connectivity index (χ1n) is 6.76. The van der Waals surface area contributed by atoms with Crippen molar-refractivity contribution >= 4 is 0 Å². The van der Waals surface area contributed by atoms with E-state index in [4.69, 9.17) is 9.47 Å². The fraction of sp³-hybridized carbons (Fsp3) is 0.600. The van der Waals surface area contributed by atoms with Gasteiger partial charge in [0, 0.05) is 29.5 Å². The Hall–Kier alpha value is -1.42. The van der Waals surface area contributed by atoms with E-state index in [-0.39, 0.29) is 18.0 Å². The number of aliphatic hydroxyl groups is 1. The Kier molecular flexibility index (Phi) is 2.52. The van der Waals surface area contributed by atoms with Crippen molar-refractivity contribution in [3.8, 4) is 17.2 Å². The zero-order chi connectivity index (χ0) is 13.9. The highest BCUT2D eigenvalue weighted by molar-refractivity contribution is 5.66. The van der Waals surface area contributed by atoms with E-state index < -0.39 is 5.60 Å². The van der Waals surface area contributed by atoms with Crippen molar-refractivity contribution < 1.29 is 19.7 Å². The van der Waals surface area contributed by atoms with E-state index in [0.717, 1.165) is 16.7 Å². The molecular weight excluding hydrogens is 244 g/mol. The monoisotopic (exact) mass is 264 g/mol. The van der Waals surface area contributed by atoms with Gasteiger partial charge in [0.15, 0.2) is 11.5 Å². The van der Waals surface area contributed by atoms with E-state index in [2.05, 4.69) is 0 Å². The van der Waals surface area contributed by atoms with Gasteiger partial charge in [-0.1, -0.05) is 0 Å². The van der Waals surface area contributed by atoms with E-state index in [1.165, 1.54) is 0 Å². The van der Waals surface area contributed by atoms with Gasteiger partial charge < -0.3 is 19.7 Å². The highest BCUT2D eigenvalue weighted by Gasteiger charge is 2.40. The SMILES string of the molecule is CC1Cc2c(c(O)c3c(c2C(C)(C)O)OC(C)C3)O1. The van der Waals surface area contributed by atoms with Gasteiger partial charge >= 0.3 is 0 Å². The van der Waals surface area contributed by atoms with Crippen LogP contribution in [0.5, 0.6) is 17.2 Å². The molecule has 0 aromatic heterocycles. The molecule has 2 aliphatic heterocycles. The zero-order valence-corrected chi connectivity index (χ0v) is 11.8. The summed E-state index contributed by atoms with van der Waals surface area (Å²) in [5.74, 6) is 1.36. The van der Waals surface area contributed by atoms with Crippen LogP contribution >= 0.6 is 0 Å². The smallest absolute Gasteiger partial charge is 0.165 e. The fourth-order valence-electron chi connectivity index (χ4n) is 3.14. The van der Waals surface area contributed by atoms with Gasteiger partial charge in [0.05, 0.1) is 5.60 Å². The van der Waals surface area contributed by atoms with Gasteiger partial charge in [0.1, 0.15) is 18.0 Å². The van der Waals surface area contributed by atoms with Gasteiger partial charge in [-0.15, -0.1) is 0 Å². The third-order valence-corrected chi connectivity index (χ3v) is 3.81. The van der Waals surface area contributed by atoms with Crippen molar-refractivity contribution in [3.05, 3.63) is 16.7 Å². The van der Waals surface area contributed by atoms with Gasteiger partial charge in [-0.25, -0.2) is 0 Å². The number of aromatic hydroxyl groups is 1. The van der Waals surface area contributed by atoms with Crippen LogP contribution in [0.3, 0.4) is 0 Å². The summed E-state index contributed by atoms with van der Waals surface area (Å²) < 4.78 is 11.5. The molecule has 0 saturated heterocycles. The number of rotatable bonds is 1. The molecule has 1 aromatic carbocycles. The lowest BCUT2D eigenvalue weighted by atomic mass is 9.87. The van der Waals surface area contributed by atoms with Crippen LogP contribution in [0.4, 0.5) is 0 Å². The summed E-state index contributed by atoms with van der Waals surface area (Å²) in [7, 11) is 0. The molecule has 0 aliphatic carbocycles. The van der Waals surface area contributed by atoms with E-state index in [9.17, 15) is 10.2 Å². The molecule has 4 nitrogen and oxygen atoms in total. The Labute approximate surface area is 113 Å². The molecule has 104 valence electrons. The van der Waals surface area contributed by atoms with Crippen LogP contribution in [0.1, 0.15) is 44.4 Å². The molecule has 2 aliphatic rings. The minimum Gasteiger partial charge on any atom is -0.504 e. The second-order valence-corrected chi connectivity index (χ2v) is 6.16. The molecule has 0 bridgehead atoms. The van der Waals surface area contributed by atoms with E-state index in [1.54, 1.807) is 13.8 Å². The largest absolute Gasteiger partial charge is 0.504 e. The molecule has 0 fully saturated rings. The van der Waals surface area contributed by atoms with E-state index in [1.807, 2.05) is 13.8 Å². The molecule has 1 aromatic rings. The summed E-state index contributed by atoms with van der Waals surface area (Å²) in [6.07, 6.45) is 1.37. The Bertz CT molecular complexity index is 503. The topological polar surface area (TPSA) is 58.9 Å².